The maximum atomic E-state index is 15.3. The van der Waals surface area contributed by atoms with E-state index in [1.807, 2.05) is 0 Å². The van der Waals surface area contributed by atoms with E-state index in [2.05, 4.69) is 0 Å². The zero-order valence-corrected chi connectivity index (χ0v) is 20.6. The molecule has 10 heteroatoms. The molecule has 1 heterocycles. The summed E-state index contributed by atoms with van der Waals surface area (Å²) in [7, 11) is -1.13. The molecule has 1 saturated carbocycles. The summed E-state index contributed by atoms with van der Waals surface area (Å²) in [6.07, 6.45) is 0.629. The molecule has 0 radical (unpaired) electrons. The van der Waals surface area contributed by atoms with Crippen LogP contribution in [0.1, 0.15) is 54.5 Å². The van der Waals surface area contributed by atoms with Crippen molar-refractivity contribution in [2.75, 3.05) is 14.2 Å². The van der Waals surface area contributed by atoms with Gasteiger partial charge in [0.25, 0.3) is 0 Å². The minimum absolute atomic E-state index is 0.153. The van der Waals surface area contributed by atoms with E-state index in [0.717, 1.165) is 12.1 Å². The Labute approximate surface area is 203 Å². The van der Waals surface area contributed by atoms with Gasteiger partial charge in [-0.2, -0.15) is 4.31 Å². The Balaban J connectivity index is 1.66. The molecule has 2 atom stereocenters. The number of hydrogen-bond donors (Lipinski definition) is 1. The number of benzene rings is 2. The standard InChI is InChI=1S/C25H29F2NO6S/c1-16-9-10-22(17-7-5-4-6-8-17)35(31,32)28(16)13-18-11-21(27)19(12-20(18)26)24(23(29)30)14-25(15-24,33-2)34-3/h4-8,11-12,16,22H,9-10,13-15H2,1-3H3,(H,29,30)/t16-,22+/m0/s1. The van der Waals surface area contributed by atoms with Crippen LogP contribution in [0.3, 0.4) is 0 Å². The summed E-state index contributed by atoms with van der Waals surface area (Å²) in [6.45, 7) is 1.39. The van der Waals surface area contributed by atoms with Gasteiger partial charge < -0.3 is 14.6 Å². The van der Waals surface area contributed by atoms with Crippen molar-refractivity contribution >= 4 is 16.0 Å². The maximum absolute atomic E-state index is 15.3. The SMILES string of the molecule is COC1(OC)CC(C(=O)O)(c2cc(F)c(CN3[C@@H](C)CC[C@H](c4ccccc4)S3(=O)=O)cc2F)C1. The van der Waals surface area contributed by atoms with Crippen LogP contribution in [0.25, 0.3) is 0 Å². The lowest BCUT2D eigenvalue weighted by atomic mass is 9.60. The molecule has 0 bridgehead atoms. The Morgan fingerprint density at radius 1 is 1.09 bits per heavy atom. The van der Waals surface area contributed by atoms with Crippen LogP contribution in [-0.2, 0) is 36.3 Å². The van der Waals surface area contributed by atoms with E-state index < -0.39 is 50.1 Å². The average molecular weight is 510 g/mol. The molecule has 0 spiro atoms. The quantitative estimate of drug-likeness (QED) is 0.565. The number of rotatable bonds is 7. The molecule has 0 aromatic heterocycles. The van der Waals surface area contributed by atoms with Gasteiger partial charge in [0.15, 0.2) is 5.79 Å². The van der Waals surface area contributed by atoms with E-state index in [1.54, 1.807) is 37.3 Å². The second kappa shape index (κ2) is 9.24. The van der Waals surface area contributed by atoms with Crippen molar-refractivity contribution in [1.82, 2.24) is 4.31 Å². The Hall–Kier alpha value is -2.40. The zero-order chi connectivity index (χ0) is 25.6. The van der Waals surface area contributed by atoms with Gasteiger partial charge in [-0.25, -0.2) is 17.2 Å². The smallest absolute Gasteiger partial charge is 0.314 e. The highest BCUT2D eigenvalue weighted by Gasteiger charge is 2.62. The predicted molar refractivity (Wildman–Crippen MR) is 124 cm³/mol. The molecule has 0 unspecified atom stereocenters. The molecular weight excluding hydrogens is 480 g/mol. The molecule has 190 valence electrons. The van der Waals surface area contributed by atoms with Crippen molar-refractivity contribution in [2.24, 2.45) is 0 Å². The average Bonchev–Trinajstić information content (AvgIpc) is 2.79. The number of ether oxygens (including phenoxy) is 2. The normalized spacial score (nSPS) is 25.1. The van der Waals surface area contributed by atoms with Gasteiger partial charge in [-0.05, 0) is 37.5 Å². The topological polar surface area (TPSA) is 93.1 Å². The fraction of sp³-hybridized carbons (Fsp3) is 0.480. The lowest BCUT2D eigenvalue weighted by molar-refractivity contribution is -0.278. The first-order chi connectivity index (χ1) is 16.5. The number of carboxylic acids is 1. The molecule has 2 fully saturated rings. The van der Waals surface area contributed by atoms with Gasteiger partial charge in [-0.15, -0.1) is 0 Å². The van der Waals surface area contributed by atoms with Gasteiger partial charge >= 0.3 is 5.97 Å². The monoisotopic (exact) mass is 509 g/mol. The van der Waals surface area contributed by atoms with E-state index in [-0.39, 0.29) is 30.5 Å². The second-order valence-corrected chi connectivity index (χ2v) is 11.5. The zero-order valence-electron chi connectivity index (χ0n) is 19.8. The number of carboxylic acid groups (broad SMARTS) is 1. The fourth-order valence-electron chi connectivity index (χ4n) is 5.29. The van der Waals surface area contributed by atoms with Gasteiger partial charge in [-0.1, -0.05) is 30.3 Å². The number of aliphatic carboxylic acids is 1. The van der Waals surface area contributed by atoms with Crippen LogP contribution in [-0.4, -0.2) is 49.8 Å². The summed E-state index contributed by atoms with van der Waals surface area (Å²) < 4.78 is 69.1. The van der Waals surface area contributed by atoms with Gasteiger partial charge in [-0.3, -0.25) is 4.79 Å². The highest BCUT2D eigenvalue weighted by Crippen LogP contribution is 2.53. The number of carbonyl (C=O) groups is 1. The van der Waals surface area contributed by atoms with E-state index in [4.69, 9.17) is 9.47 Å². The summed E-state index contributed by atoms with van der Waals surface area (Å²) in [5.41, 5.74) is -1.52. The highest BCUT2D eigenvalue weighted by molar-refractivity contribution is 7.89. The van der Waals surface area contributed by atoms with E-state index in [9.17, 15) is 18.3 Å². The first kappa shape index (κ1) is 25.7. The minimum Gasteiger partial charge on any atom is -0.481 e. The van der Waals surface area contributed by atoms with Crippen molar-refractivity contribution in [3.8, 4) is 0 Å². The number of methoxy groups -OCH3 is 2. The van der Waals surface area contributed by atoms with Crippen molar-refractivity contribution in [3.63, 3.8) is 0 Å². The molecule has 1 aliphatic heterocycles. The summed E-state index contributed by atoms with van der Waals surface area (Å²) >= 11 is 0. The van der Waals surface area contributed by atoms with Crippen molar-refractivity contribution in [2.45, 2.75) is 61.6 Å². The van der Waals surface area contributed by atoms with E-state index in [0.29, 0.717) is 18.4 Å². The molecule has 2 aliphatic rings. The molecule has 1 aliphatic carbocycles. The Kier molecular flexibility index (Phi) is 6.78. The van der Waals surface area contributed by atoms with Crippen LogP contribution in [0.4, 0.5) is 8.78 Å². The Morgan fingerprint density at radius 2 is 1.71 bits per heavy atom. The second-order valence-electron chi connectivity index (χ2n) is 9.40. The molecule has 7 nitrogen and oxygen atoms in total. The number of nitrogens with zero attached hydrogens (tertiary/aromatic N) is 1. The molecule has 2 aromatic carbocycles. The van der Waals surface area contributed by atoms with Crippen LogP contribution in [0.15, 0.2) is 42.5 Å². The van der Waals surface area contributed by atoms with Crippen molar-refractivity contribution in [1.29, 1.82) is 0 Å². The first-order valence-electron chi connectivity index (χ1n) is 11.4. The summed E-state index contributed by atoms with van der Waals surface area (Å²) in [6, 6.07) is 10.2. The van der Waals surface area contributed by atoms with Crippen molar-refractivity contribution < 1.29 is 36.6 Å². The molecule has 35 heavy (non-hydrogen) atoms. The van der Waals surface area contributed by atoms with Crippen LogP contribution in [0, 0.1) is 11.6 Å². The minimum atomic E-state index is -3.84. The van der Waals surface area contributed by atoms with Gasteiger partial charge in [0.2, 0.25) is 10.0 Å². The van der Waals surface area contributed by atoms with Gasteiger partial charge in [0.1, 0.15) is 22.3 Å². The third-order valence-electron chi connectivity index (χ3n) is 7.47. The molecule has 2 aromatic rings. The molecular formula is C25H29F2NO6S. The number of sulfonamides is 1. The van der Waals surface area contributed by atoms with E-state index >= 15 is 8.78 Å². The van der Waals surface area contributed by atoms with Crippen LogP contribution in [0.2, 0.25) is 0 Å². The number of hydrogen-bond acceptors (Lipinski definition) is 5. The lowest BCUT2D eigenvalue weighted by Crippen LogP contribution is -2.61. The summed E-state index contributed by atoms with van der Waals surface area (Å²) in [4.78, 5) is 12.1. The van der Waals surface area contributed by atoms with Gasteiger partial charge in [0, 0.05) is 50.8 Å². The Morgan fingerprint density at radius 3 is 2.29 bits per heavy atom. The lowest BCUT2D eigenvalue weighted by Gasteiger charge is -2.51. The molecule has 1 N–H and O–H groups in total. The fourth-order valence-corrected chi connectivity index (χ4v) is 7.48. The maximum Gasteiger partial charge on any atom is 0.314 e. The van der Waals surface area contributed by atoms with Crippen molar-refractivity contribution in [3.05, 3.63) is 70.8 Å². The van der Waals surface area contributed by atoms with Gasteiger partial charge in [0.05, 0.1) is 0 Å². The highest BCUT2D eigenvalue weighted by atomic mass is 32.2. The third kappa shape index (κ3) is 4.26. The predicted octanol–water partition coefficient (Wildman–Crippen LogP) is 4.13. The Bertz CT molecular complexity index is 1210. The van der Waals surface area contributed by atoms with Crippen LogP contribution < -0.4 is 0 Å². The van der Waals surface area contributed by atoms with E-state index in [1.165, 1.54) is 18.5 Å². The third-order valence-corrected chi connectivity index (χ3v) is 9.84. The first-order valence-corrected chi connectivity index (χ1v) is 12.9. The summed E-state index contributed by atoms with van der Waals surface area (Å²) in [5, 5.41) is 9.09. The largest absolute Gasteiger partial charge is 0.481 e. The number of halogens is 2. The molecule has 0 amide bonds. The van der Waals surface area contributed by atoms with Crippen LogP contribution in [0.5, 0.6) is 0 Å². The summed E-state index contributed by atoms with van der Waals surface area (Å²) in [5.74, 6) is -4.28. The molecule has 1 saturated heterocycles. The van der Waals surface area contributed by atoms with Crippen LogP contribution >= 0.6 is 0 Å². The molecule has 4 rings (SSSR count).